The number of nitrogens with zero attached hydrogens (tertiary/aromatic N) is 2. The summed E-state index contributed by atoms with van der Waals surface area (Å²) in [6, 6.07) is 6.26. The lowest BCUT2D eigenvalue weighted by Gasteiger charge is -2.37. The summed E-state index contributed by atoms with van der Waals surface area (Å²) in [5.74, 6) is -4.26. The molecule has 0 N–H and O–H groups in total. The molecule has 3 rings (SSSR count). The molecule has 9 heteroatoms. The number of ether oxygens (including phenoxy) is 1. The van der Waals surface area contributed by atoms with Crippen molar-refractivity contribution < 1.29 is 26.7 Å². The minimum absolute atomic E-state index is 0.129. The summed E-state index contributed by atoms with van der Waals surface area (Å²) in [7, 11) is -4.46. The summed E-state index contributed by atoms with van der Waals surface area (Å²) in [4.78, 5) is 16.7. The van der Waals surface area contributed by atoms with Crippen LogP contribution in [0, 0.1) is 0 Å². The Morgan fingerprint density at radius 1 is 1.15 bits per heavy atom. The molecule has 2 saturated heterocycles. The van der Waals surface area contributed by atoms with Crippen LogP contribution < -0.4 is 0 Å². The minimum atomic E-state index is -4.46. The standard InChI is InChI=1S/C17H22F2N2O4S/c18-17(19)26(23,24)12-13-1-3-14(4-2-13)16(22)21-8-6-20(7-9-21)15-5-10-25-11-15/h1-4,15,17H,5-12H2. The zero-order valence-corrected chi connectivity index (χ0v) is 15.1. The van der Waals surface area contributed by atoms with Crippen molar-refractivity contribution in [3.8, 4) is 0 Å². The van der Waals surface area contributed by atoms with Gasteiger partial charge in [-0.15, -0.1) is 0 Å². The molecule has 0 bridgehead atoms. The van der Waals surface area contributed by atoms with Crippen molar-refractivity contribution in [2.45, 2.75) is 24.0 Å². The van der Waals surface area contributed by atoms with Crippen molar-refractivity contribution in [3.05, 3.63) is 35.4 Å². The van der Waals surface area contributed by atoms with Crippen LogP contribution in [-0.4, -0.2) is 75.3 Å². The lowest BCUT2D eigenvalue weighted by Crippen LogP contribution is -2.52. The normalized spacial score (nSPS) is 22.1. The van der Waals surface area contributed by atoms with Crippen LogP contribution in [0.1, 0.15) is 22.3 Å². The number of benzene rings is 1. The molecule has 1 amide bonds. The van der Waals surface area contributed by atoms with E-state index in [9.17, 15) is 22.0 Å². The van der Waals surface area contributed by atoms with Crippen LogP contribution in [0.3, 0.4) is 0 Å². The highest BCUT2D eigenvalue weighted by Crippen LogP contribution is 2.18. The molecule has 0 aliphatic carbocycles. The fraction of sp³-hybridized carbons (Fsp3) is 0.588. The molecule has 144 valence electrons. The van der Waals surface area contributed by atoms with Gasteiger partial charge in [-0.2, -0.15) is 8.78 Å². The van der Waals surface area contributed by atoms with E-state index >= 15 is 0 Å². The third-order valence-corrected chi connectivity index (χ3v) is 6.14. The number of piperazine rings is 1. The lowest BCUT2D eigenvalue weighted by molar-refractivity contribution is 0.0549. The average molecular weight is 388 g/mol. The van der Waals surface area contributed by atoms with Crippen LogP contribution in [-0.2, 0) is 20.3 Å². The van der Waals surface area contributed by atoms with E-state index in [1.54, 1.807) is 4.90 Å². The summed E-state index contributed by atoms with van der Waals surface area (Å²) < 4.78 is 52.8. The van der Waals surface area contributed by atoms with Crippen LogP contribution >= 0.6 is 0 Å². The second-order valence-corrected chi connectivity index (χ2v) is 8.58. The Morgan fingerprint density at radius 3 is 2.35 bits per heavy atom. The zero-order chi connectivity index (χ0) is 18.7. The third kappa shape index (κ3) is 4.39. The number of sulfone groups is 1. The Morgan fingerprint density at radius 2 is 1.81 bits per heavy atom. The summed E-state index contributed by atoms with van der Waals surface area (Å²) in [5.41, 5.74) is 0.675. The van der Waals surface area contributed by atoms with E-state index in [-0.39, 0.29) is 11.5 Å². The number of carbonyl (C=O) groups is 1. The molecule has 1 aromatic rings. The third-order valence-electron chi connectivity index (χ3n) is 4.86. The quantitative estimate of drug-likeness (QED) is 0.762. The van der Waals surface area contributed by atoms with Gasteiger partial charge in [-0.25, -0.2) is 8.42 Å². The summed E-state index contributed by atoms with van der Waals surface area (Å²) in [6.45, 7) is 4.37. The van der Waals surface area contributed by atoms with Gasteiger partial charge in [-0.3, -0.25) is 9.69 Å². The average Bonchev–Trinajstić information content (AvgIpc) is 3.16. The fourth-order valence-corrected chi connectivity index (χ4v) is 4.10. The predicted octanol–water partition coefficient (Wildman–Crippen LogP) is 1.37. The molecular weight excluding hydrogens is 366 g/mol. The zero-order valence-electron chi connectivity index (χ0n) is 14.3. The van der Waals surface area contributed by atoms with E-state index in [0.29, 0.717) is 24.7 Å². The molecule has 2 aliphatic rings. The van der Waals surface area contributed by atoms with Gasteiger partial charge in [0.25, 0.3) is 5.91 Å². The molecule has 1 aromatic carbocycles. The van der Waals surface area contributed by atoms with Crippen LogP contribution in [0.15, 0.2) is 24.3 Å². The van der Waals surface area contributed by atoms with Gasteiger partial charge in [0.1, 0.15) is 0 Å². The summed E-state index contributed by atoms with van der Waals surface area (Å²) >= 11 is 0. The maximum absolute atomic E-state index is 12.6. The van der Waals surface area contributed by atoms with E-state index < -0.39 is 21.3 Å². The van der Waals surface area contributed by atoms with Crippen molar-refractivity contribution in [1.82, 2.24) is 9.80 Å². The summed E-state index contributed by atoms with van der Waals surface area (Å²) in [5, 5.41) is 0. The molecule has 6 nitrogen and oxygen atoms in total. The smallest absolute Gasteiger partial charge is 0.337 e. The molecule has 2 aliphatic heterocycles. The van der Waals surface area contributed by atoms with E-state index in [0.717, 1.165) is 32.7 Å². The number of hydrogen-bond acceptors (Lipinski definition) is 5. The molecule has 2 fully saturated rings. The number of amides is 1. The minimum Gasteiger partial charge on any atom is -0.380 e. The Kier molecular flexibility index (Phi) is 5.89. The number of rotatable bonds is 5. The topological polar surface area (TPSA) is 66.9 Å². The van der Waals surface area contributed by atoms with E-state index in [4.69, 9.17) is 4.74 Å². The van der Waals surface area contributed by atoms with Gasteiger partial charge in [-0.1, -0.05) is 12.1 Å². The van der Waals surface area contributed by atoms with Gasteiger partial charge in [0, 0.05) is 44.4 Å². The molecule has 1 unspecified atom stereocenters. The lowest BCUT2D eigenvalue weighted by atomic mass is 10.1. The maximum atomic E-state index is 12.6. The Balaban J connectivity index is 1.57. The number of alkyl halides is 2. The van der Waals surface area contributed by atoms with Crippen LogP contribution in [0.2, 0.25) is 0 Å². The summed E-state index contributed by atoms with van der Waals surface area (Å²) in [6.07, 6.45) is 1.02. The first-order valence-corrected chi connectivity index (χ1v) is 10.3. The van der Waals surface area contributed by atoms with Gasteiger partial charge >= 0.3 is 5.76 Å². The van der Waals surface area contributed by atoms with E-state index in [1.165, 1.54) is 24.3 Å². The highest BCUT2D eigenvalue weighted by molar-refractivity contribution is 7.90. The molecular formula is C17H22F2N2O4S. The van der Waals surface area contributed by atoms with Crippen molar-refractivity contribution in [2.75, 3.05) is 39.4 Å². The Labute approximate surface area is 151 Å². The molecule has 1 atom stereocenters. The number of hydrogen-bond donors (Lipinski definition) is 0. The van der Waals surface area contributed by atoms with Crippen molar-refractivity contribution >= 4 is 15.7 Å². The molecule has 26 heavy (non-hydrogen) atoms. The van der Waals surface area contributed by atoms with Gasteiger partial charge in [0.2, 0.25) is 9.84 Å². The first-order chi connectivity index (χ1) is 12.4. The number of halogens is 2. The predicted molar refractivity (Wildman–Crippen MR) is 91.8 cm³/mol. The molecule has 0 saturated carbocycles. The van der Waals surface area contributed by atoms with Crippen molar-refractivity contribution in [1.29, 1.82) is 0 Å². The second kappa shape index (κ2) is 7.98. The van der Waals surface area contributed by atoms with Gasteiger partial charge in [0.15, 0.2) is 0 Å². The fourth-order valence-electron chi connectivity index (χ4n) is 3.32. The Bertz CT molecular complexity index is 726. The van der Waals surface area contributed by atoms with Crippen LogP contribution in [0.4, 0.5) is 8.78 Å². The SMILES string of the molecule is O=C(c1ccc(CS(=O)(=O)C(F)F)cc1)N1CCN(C2CCOC2)CC1. The molecule has 0 radical (unpaired) electrons. The van der Waals surface area contributed by atoms with Crippen molar-refractivity contribution in [2.24, 2.45) is 0 Å². The molecule has 0 spiro atoms. The molecule has 2 heterocycles. The maximum Gasteiger partial charge on any atom is 0.337 e. The van der Waals surface area contributed by atoms with Gasteiger partial charge < -0.3 is 9.64 Å². The largest absolute Gasteiger partial charge is 0.380 e. The molecule has 0 aromatic heterocycles. The monoisotopic (exact) mass is 388 g/mol. The number of carbonyl (C=O) groups excluding carboxylic acids is 1. The first kappa shape index (κ1) is 19.2. The van der Waals surface area contributed by atoms with Gasteiger partial charge in [-0.05, 0) is 24.1 Å². The van der Waals surface area contributed by atoms with E-state index in [1.807, 2.05) is 0 Å². The first-order valence-electron chi connectivity index (χ1n) is 8.56. The highest BCUT2D eigenvalue weighted by Gasteiger charge is 2.29. The second-order valence-electron chi connectivity index (χ2n) is 6.61. The van der Waals surface area contributed by atoms with Crippen LogP contribution in [0.5, 0.6) is 0 Å². The van der Waals surface area contributed by atoms with E-state index in [2.05, 4.69) is 4.90 Å². The highest BCUT2D eigenvalue weighted by atomic mass is 32.2. The Hall–Kier alpha value is -1.58. The van der Waals surface area contributed by atoms with Crippen molar-refractivity contribution in [3.63, 3.8) is 0 Å². The van der Waals surface area contributed by atoms with Crippen LogP contribution in [0.25, 0.3) is 0 Å². The van der Waals surface area contributed by atoms with Gasteiger partial charge in [0.05, 0.1) is 12.4 Å².